The van der Waals surface area contributed by atoms with Gasteiger partial charge in [0, 0.05) is 55.4 Å². The molecule has 4 aromatic rings. The van der Waals surface area contributed by atoms with Crippen molar-refractivity contribution in [3.05, 3.63) is 82.4 Å². The van der Waals surface area contributed by atoms with Crippen molar-refractivity contribution in [2.45, 2.75) is 13.5 Å². The number of pyridine rings is 1. The molecule has 2 N–H and O–H groups in total. The Hall–Kier alpha value is -3.98. The number of nitrogens with one attached hydrogen (secondary N) is 1. The number of carboxylic acids is 1. The number of thiocarbonyl (C=S) groups is 1. The maximum absolute atomic E-state index is 15.2. The van der Waals surface area contributed by atoms with E-state index in [1.54, 1.807) is 10.6 Å². The maximum atomic E-state index is 15.2. The molecule has 1 saturated heterocycles. The van der Waals surface area contributed by atoms with E-state index in [0.717, 1.165) is 22.5 Å². The fourth-order valence-corrected chi connectivity index (χ4v) is 5.03. The number of aryl methyl sites for hydroxylation is 1. The number of hydrogen-bond acceptors (Lipinski definition) is 4. The highest BCUT2D eigenvalue weighted by atomic mass is 32.1. The van der Waals surface area contributed by atoms with Crippen LogP contribution in [0, 0.1) is 5.82 Å². The van der Waals surface area contributed by atoms with Crippen molar-refractivity contribution < 1.29 is 14.3 Å². The van der Waals surface area contributed by atoms with Crippen LogP contribution >= 0.6 is 12.2 Å². The predicted octanol–water partition coefficient (Wildman–Crippen LogP) is 4.53. The Morgan fingerprint density at radius 2 is 1.78 bits per heavy atom. The minimum atomic E-state index is -1.32. The van der Waals surface area contributed by atoms with Gasteiger partial charge < -0.3 is 24.8 Å². The average Bonchev–Trinajstić information content (AvgIpc) is 2.89. The molecule has 0 amide bonds. The van der Waals surface area contributed by atoms with Crippen LogP contribution in [0.2, 0.25) is 0 Å². The van der Waals surface area contributed by atoms with Gasteiger partial charge in [0.2, 0.25) is 5.43 Å². The number of carbonyl (C=O) groups is 1. The Kier molecular flexibility index (Phi) is 6.32. The number of aromatic nitrogens is 1. The lowest BCUT2D eigenvalue weighted by molar-refractivity contribution is 0.0695. The van der Waals surface area contributed by atoms with Gasteiger partial charge in [0.25, 0.3) is 0 Å². The Balaban J connectivity index is 1.35. The summed E-state index contributed by atoms with van der Waals surface area (Å²) in [6.45, 7) is 4.59. The van der Waals surface area contributed by atoms with Crippen LogP contribution in [0.15, 0.2) is 65.6 Å². The van der Waals surface area contributed by atoms with Gasteiger partial charge in [-0.3, -0.25) is 4.79 Å². The van der Waals surface area contributed by atoms with Gasteiger partial charge in [-0.25, -0.2) is 9.18 Å². The third kappa shape index (κ3) is 4.26. The van der Waals surface area contributed by atoms with Gasteiger partial charge in [0.1, 0.15) is 11.4 Å². The quantitative estimate of drug-likeness (QED) is 0.396. The summed E-state index contributed by atoms with van der Waals surface area (Å²) >= 11 is 5.68. The molecular formula is C27H25FN4O3S. The molecule has 0 unspecified atom stereocenters. The summed E-state index contributed by atoms with van der Waals surface area (Å²) in [4.78, 5) is 28.1. The number of benzene rings is 3. The molecule has 3 aromatic carbocycles. The highest BCUT2D eigenvalue weighted by Crippen LogP contribution is 2.27. The minimum absolute atomic E-state index is 0.0668. The van der Waals surface area contributed by atoms with Gasteiger partial charge in [0.15, 0.2) is 5.11 Å². The normalized spacial score (nSPS) is 13.8. The van der Waals surface area contributed by atoms with E-state index in [4.69, 9.17) is 12.2 Å². The maximum Gasteiger partial charge on any atom is 0.341 e. The van der Waals surface area contributed by atoms with Gasteiger partial charge in [-0.05, 0) is 42.7 Å². The van der Waals surface area contributed by atoms with E-state index in [0.29, 0.717) is 49.0 Å². The molecule has 1 aliphatic heterocycles. The molecule has 5 rings (SSSR count). The van der Waals surface area contributed by atoms with E-state index < -0.39 is 17.2 Å². The summed E-state index contributed by atoms with van der Waals surface area (Å²) in [6.07, 6.45) is 1.32. The minimum Gasteiger partial charge on any atom is -0.477 e. The molecule has 2 heterocycles. The second-order valence-electron chi connectivity index (χ2n) is 8.71. The first-order valence-corrected chi connectivity index (χ1v) is 12.2. The second kappa shape index (κ2) is 9.58. The lowest BCUT2D eigenvalue weighted by Crippen LogP contribution is -2.50. The van der Waals surface area contributed by atoms with Crippen molar-refractivity contribution in [3.8, 4) is 0 Å². The molecule has 0 aliphatic carbocycles. The first-order valence-electron chi connectivity index (χ1n) is 11.8. The van der Waals surface area contributed by atoms with Crippen LogP contribution in [-0.4, -0.2) is 51.8 Å². The van der Waals surface area contributed by atoms with Crippen LogP contribution in [0.1, 0.15) is 17.3 Å². The summed E-state index contributed by atoms with van der Waals surface area (Å²) in [5, 5.41) is 15.6. The van der Waals surface area contributed by atoms with Gasteiger partial charge in [0.05, 0.1) is 11.2 Å². The van der Waals surface area contributed by atoms with E-state index in [2.05, 4.69) is 28.4 Å². The van der Waals surface area contributed by atoms with Gasteiger partial charge >= 0.3 is 5.97 Å². The molecule has 184 valence electrons. The smallest absolute Gasteiger partial charge is 0.341 e. The molecule has 7 nitrogen and oxygen atoms in total. The Morgan fingerprint density at radius 1 is 1.06 bits per heavy atom. The largest absolute Gasteiger partial charge is 0.477 e. The van der Waals surface area contributed by atoms with E-state index >= 15 is 4.39 Å². The number of halogens is 1. The van der Waals surface area contributed by atoms with Crippen LogP contribution in [-0.2, 0) is 6.54 Å². The van der Waals surface area contributed by atoms with Crippen molar-refractivity contribution in [3.63, 3.8) is 0 Å². The van der Waals surface area contributed by atoms with Crippen LogP contribution < -0.4 is 15.6 Å². The van der Waals surface area contributed by atoms with Gasteiger partial charge in [-0.1, -0.05) is 36.4 Å². The molecule has 1 aromatic heterocycles. The molecule has 36 heavy (non-hydrogen) atoms. The fraction of sp³-hybridized carbons (Fsp3) is 0.222. The number of fused-ring (bicyclic) bond motifs is 2. The number of nitrogens with zero attached hydrogens (tertiary/aromatic N) is 3. The molecule has 0 atom stereocenters. The molecule has 1 aliphatic rings. The van der Waals surface area contributed by atoms with Crippen molar-refractivity contribution in [1.82, 2.24) is 9.47 Å². The summed E-state index contributed by atoms with van der Waals surface area (Å²) in [7, 11) is 0. The van der Waals surface area contributed by atoms with Crippen molar-refractivity contribution in [2.75, 3.05) is 36.4 Å². The van der Waals surface area contributed by atoms with Crippen LogP contribution in [0.4, 0.5) is 15.8 Å². The Bertz CT molecular complexity index is 1560. The zero-order valence-electron chi connectivity index (χ0n) is 19.7. The highest BCUT2D eigenvalue weighted by molar-refractivity contribution is 7.80. The highest BCUT2D eigenvalue weighted by Gasteiger charge is 2.23. The van der Waals surface area contributed by atoms with Crippen LogP contribution in [0.25, 0.3) is 21.7 Å². The first kappa shape index (κ1) is 23.7. The molecular weight excluding hydrogens is 479 g/mol. The number of rotatable bonds is 4. The zero-order valence-corrected chi connectivity index (χ0v) is 20.5. The summed E-state index contributed by atoms with van der Waals surface area (Å²) in [6, 6.07) is 16.9. The van der Waals surface area contributed by atoms with E-state index in [-0.39, 0.29) is 10.9 Å². The second-order valence-corrected chi connectivity index (χ2v) is 9.10. The Labute approximate surface area is 212 Å². The number of anilines is 2. The van der Waals surface area contributed by atoms with Crippen molar-refractivity contribution >= 4 is 56.3 Å². The topological polar surface area (TPSA) is 77.8 Å². The third-order valence-corrected chi connectivity index (χ3v) is 7.02. The molecule has 0 radical (unpaired) electrons. The van der Waals surface area contributed by atoms with Crippen LogP contribution in [0.5, 0.6) is 0 Å². The lowest BCUT2D eigenvalue weighted by atomic mass is 10.1. The summed E-state index contributed by atoms with van der Waals surface area (Å²) < 4.78 is 16.8. The molecule has 0 bridgehead atoms. The van der Waals surface area contributed by atoms with E-state index in [1.807, 2.05) is 36.1 Å². The average molecular weight is 505 g/mol. The van der Waals surface area contributed by atoms with E-state index in [1.165, 1.54) is 6.20 Å². The number of carboxylic acid groups (broad SMARTS) is 1. The molecule has 1 fully saturated rings. The number of hydrogen-bond donors (Lipinski definition) is 2. The van der Waals surface area contributed by atoms with Crippen molar-refractivity contribution in [2.24, 2.45) is 0 Å². The zero-order chi connectivity index (χ0) is 25.4. The Morgan fingerprint density at radius 3 is 2.50 bits per heavy atom. The number of piperazine rings is 1. The first-order chi connectivity index (χ1) is 17.4. The van der Waals surface area contributed by atoms with Gasteiger partial charge in [-0.2, -0.15) is 0 Å². The third-order valence-electron chi connectivity index (χ3n) is 6.66. The molecule has 0 saturated carbocycles. The van der Waals surface area contributed by atoms with E-state index in [9.17, 15) is 14.7 Å². The standard InChI is InChI=1S/C27H25FN4O3S/c1-2-30-16-20(26(34)35)25(33)19-14-21(28)24(15-23(19)30)31-10-12-32(13-11-31)27(36)29-22-9-5-7-17-6-3-4-8-18(17)22/h3-9,14-16H,2,10-13H2,1H3,(H,29,36)(H,34,35). The molecule has 9 heteroatoms. The SMILES string of the molecule is CCn1cc(C(=O)O)c(=O)c2cc(F)c(N3CCN(C(=S)Nc4cccc5ccccc45)CC3)cc21. The summed E-state index contributed by atoms with van der Waals surface area (Å²) in [5.74, 6) is -1.87. The van der Waals surface area contributed by atoms with Gasteiger partial charge in [-0.15, -0.1) is 0 Å². The molecule has 0 spiro atoms. The fourth-order valence-electron chi connectivity index (χ4n) is 4.73. The lowest BCUT2D eigenvalue weighted by Gasteiger charge is -2.37. The van der Waals surface area contributed by atoms with Crippen LogP contribution in [0.3, 0.4) is 0 Å². The summed E-state index contributed by atoms with van der Waals surface area (Å²) in [5.41, 5.74) is 0.804. The number of aromatic carboxylic acids is 1. The predicted molar refractivity (Wildman–Crippen MR) is 145 cm³/mol. The van der Waals surface area contributed by atoms with Crippen molar-refractivity contribution in [1.29, 1.82) is 0 Å². The monoisotopic (exact) mass is 504 g/mol.